The third-order valence-corrected chi connectivity index (χ3v) is 3.66. The molecule has 2 atom stereocenters. The predicted octanol–water partition coefficient (Wildman–Crippen LogP) is 3.51. The predicted molar refractivity (Wildman–Crippen MR) is 81.3 cm³/mol. The molecule has 0 saturated heterocycles. The van der Waals surface area contributed by atoms with Crippen LogP contribution in [0.4, 0.5) is 0 Å². The second-order valence-corrected chi connectivity index (χ2v) is 4.84. The van der Waals surface area contributed by atoms with Crippen LogP contribution in [0, 0.1) is 0 Å². The van der Waals surface area contributed by atoms with Gasteiger partial charge in [0.15, 0.2) is 11.5 Å². The van der Waals surface area contributed by atoms with Crippen LogP contribution >= 0.6 is 0 Å². The molecule has 0 aliphatic heterocycles. The summed E-state index contributed by atoms with van der Waals surface area (Å²) in [7, 11) is 3.28. The van der Waals surface area contributed by atoms with Crippen molar-refractivity contribution in [1.29, 1.82) is 0 Å². The van der Waals surface area contributed by atoms with Crippen LogP contribution in [0.3, 0.4) is 0 Å². The van der Waals surface area contributed by atoms with Crippen molar-refractivity contribution >= 4 is 0 Å². The number of hydrogen-bond acceptors (Lipinski definition) is 3. The van der Waals surface area contributed by atoms with Gasteiger partial charge in [-0.25, -0.2) is 0 Å². The molecule has 2 aromatic rings. The molecule has 0 bridgehead atoms. The maximum Gasteiger partial charge on any atom is 0.160 e. The third-order valence-electron chi connectivity index (χ3n) is 3.66. The molecule has 0 radical (unpaired) electrons. The van der Waals surface area contributed by atoms with E-state index in [4.69, 9.17) is 15.2 Å². The first kappa shape index (κ1) is 14.4. The van der Waals surface area contributed by atoms with Crippen molar-refractivity contribution in [2.75, 3.05) is 14.2 Å². The van der Waals surface area contributed by atoms with E-state index in [9.17, 15) is 0 Å². The summed E-state index contributed by atoms with van der Waals surface area (Å²) in [5.41, 5.74) is 8.63. The van der Waals surface area contributed by atoms with Crippen LogP contribution in [-0.2, 0) is 0 Å². The Morgan fingerprint density at radius 1 is 0.850 bits per heavy atom. The minimum Gasteiger partial charge on any atom is -0.493 e. The fourth-order valence-electron chi connectivity index (χ4n) is 2.31. The number of methoxy groups -OCH3 is 2. The Labute approximate surface area is 120 Å². The average Bonchev–Trinajstić information content (AvgIpc) is 2.53. The van der Waals surface area contributed by atoms with Crippen molar-refractivity contribution in [3.63, 3.8) is 0 Å². The molecule has 0 fully saturated rings. The number of hydrogen-bond donors (Lipinski definition) is 1. The zero-order chi connectivity index (χ0) is 14.5. The summed E-state index contributed by atoms with van der Waals surface area (Å²) in [6, 6.07) is 16.0. The molecule has 0 aliphatic rings. The molecule has 0 spiro atoms. The van der Waals surface area contributed by atoms with E-state index in [0.717, 1.165) is 22.6 Å². The topological polar surface area (TPSA) is 44.5 Å². The lowest BCUT2D eigenvalue weighted by atomic mass is 9.89. The highest BCUT2D eigenvalue weighted by atomic mass is 16.5. The van der Waals surface area contributed by atoms with Gasteiger partial charge in [0.25, 0.3) is 0 Å². The molecular formula is C17H21NO2. The van der Waals surface area contributed by atoms with Gasteiger partial charge in [0.05, 0.1) is 14.2 Å². The van der Waals surface area contributed by atoms with Gasteiger partial charge in [0.1, 0.15) is 0 Å². The molecule has 2 aromatic carbocycles. The monoisotopic (exact) mass is 271 g/mol. The van der Waals surface area contributed by atoms with Crippen LogP contribution in [0.1, 0.15) is 30.0 Å². The lowest BCUT2D eigenvalue weighted by Crippen LogP contribution is -2.17. The molecule has 106 valence electrons. The van der Waals surface area contributed by atoms with Gasteiger partial charge in [-0.2, -0.15) is 0 Å². The normalized spacial score (nSPS) is 13.6. The molecule has 2 N–H and O–H groups in total. The molecule has 2 unspecified atom stereocenters. The van der Waals surface area contributed by atoms with Crippen molar-refractivity contribution in [2.45, 2.75) is 18.9 Å². The highest BCUT2D eigenvalue weighted by Gasteiger charge is 2.18. The zero-order valence-corrected chi connectivity index (χ0v) is 12.2. The van der Waals surface area contributed by atoms with Crippen LogP contribution < -0.4 is 15.2 Å². The minimum absolute atomic E-state index is 0.0469. The molecule has 3 heteroatoms. The van der Waals surface area contributed by atoms with Gasteiger partial charge >= 0.3 is 0 Å². The Morgan fingerprint density at radius 3 is 2.10 bits per heavy atom. The van der Waals surface area contributed by atoms with Crippen molar-refractivity contribution in [2.24, 2.45) is 5.73 Å². The maximum absolute atomic E-state index is 6.36. The van der Waals surface area contributed by atoms with Gasteiger partial charge in [-0.1, -0.05) is 43.3 Å². The van der Waals surface area contributed by atoms with Crippen LogP contribution in [-0.4, -0.2) is 14.2 Å². The number of nitrogens with two attached hydrogens (primary N) is 1. The molecule has 0 aliphatic carbocycles. The van der Waals surface area contributed by atoms with Gasteiger partial charge in [-0.3, -0.25) is 0 Å². The third kappa shape index (κ3) is 2.94. The molecule has 0 saturated carbocycles. The van der Waals surface area contributed by atoms with Crippen LogP contribution in [0.25, 0.3) is 0 Å². The molecular weight excluding hydrogens is 250 g/mol. The number of rotatable bonds is 5. The fraction of sp³-hybridized carbons (Fsp3) is 0.294. The Morgan fingerprint density at radius 2 is 1.50 bits per heavy atom. The van der Waals surface area contributed by atoms with Crippen molar-refractivity contribution in [3.8, 4) is 11.5 Å². The summed E-state index contributed by atoms with van der Waals surface area (Å²) in [6.45, 7) is 2.12. The second kappa shape index (κ2) is 6.44. The van der Waals surface area contributed by atoms with Crippen LogP contribution in [0.2, 0.25) is 0 Å². The maximum atomic E-state index is 6.36. The van der Waals surface area contributed by atoms with E-state index in [0.29, 0.717) is 0 Å². The second-order valence-electron chi connectivity index (χ2n) is 4.84. The van der Waals surface area contributed by atoms with E-state index in [-0.39, 0.29) is 12.0 Å². The summed E-state index contributed by atoms with van der Waals surface area (Å²) < 4.78 is 10.6. The van der Waals surface area contributed by atoms with Crippen molar-refractivity contribution in [1.82, 2.24) is 0 Å². The quantitative estimate of drug-likeness (QED) is 0.905. The standard InChI is InChI=1S/C17H21NO2/c1-12(17(18)13-7-5-4-6-8-13)14-9-10-15(19-2)16(11-14)20-3/h4-12,17H,18H2,1-3H3. The molecule has 20 heavy (non-hydrogen) atoms. The van der Waals surface area contributed by atoms with Gasteiger partial charge in [-0.05, 0) is 23.3 Å². The first-order valence-electron chi connectivity index (χ1n) is 6.69. The Balaban J connectivity index is 2.27. The molecule has 2 rings (SSSR count). The van der Waals surface area contributed by atoms with Crippen molar-refractivity contribution < 1.29 is 9.47 Å². The summed E-state index contributed by atoms with van der Waals surface area (Å²) in [4.78, 5) is 0. The summed E-state index contributed by atoms with van der Waals surface area (Å²) in [6.07, 6.45) is 0. The summed E-state index contributed by atoms with van der Waals surface area (Å²) in [5.74, 6) is 1.66. The largest absolute Gasteiger partial charge is 0.493 e. The lowest BCUT2D eigenvalue weighted by molar-refractivity contribution is 0.354. The van der Waals surface area contributed by atoms with Crippen LogP contribution in [0.15, 0.2) is 48.5 Å². The fourth-order valence-corrected chi connectivity index (χ4v) is 2.31. The first-order chi connectivity index (χ1) is 9.67. The molecule has 0 amide bonds. The molecule has 0 heterocycles. The highest BCUT2D eigenvalue weighted by molar-refractivity contribution is 5.44. The summed E-state index contributed by atoms with van der Waals surface area (Å²) >= 11 is 0. The lowest BCUT2D eigenvalue weighted by Gasteiger charge is -2.21. The van der Waals surface area contributed by atoms with Gasteiger partial charge in [0, 0.05) is 12.0 Å². The highest BCUT2D eigenvalue weighted by Crippen LogP contribution is 2.34. The SMILES string of the molecule is COc1ccc(C(C)C(N)c2ccccc2)cc1OC. The number of benzene rings is 2. The van der Waals surface area contributed by atoms with E-state index in [1.807, 2.05) is 36.4 Å². The van der Waals surface area contributed by atoms with Crippen molar-refractivity contribution in [3.05, 3.63) is 59.7 Å². The Kier molecular flexibility index (Phi) is 4.64. The minimum atomic E-state index is -0.0469. The first-order valence-corrected chi connectivity index (χ1v) is 6.69. The van der Waals surface area contributed by atoms with E-state index in [2.05, 4.69) is 19.1 Å². The van der Waals surface area contributed by atoms with Gasteiger partial charge in [0.2, 0.25) is 0 Å². The number of ether oxygens (including phenoxy) is 2. The van der Waals surface area contributed by atoms with E-state index < -0.39 is 0 Å². The smallest absolute Gasteiger partial charge is 0.160 e. The zero-order valence-electron chi connectivity index (χ0n) is 12.2. The van der Waals surface area contributed by atoms with Crippen LogP contribution in [0.5, 0.6) is 11.5 Å². The van der Waals surface area contributed by atoms with E-state index >= 15 is 0 Å². The Hall–Kier alpha value is -2.00. The van der Waals surface area contributed by atoms with E-state index in [1.165, 1.54) is 0 Å². The van der Waals surface area contributed by atoms with Gasteiger partial charge < -0.3 is 15.2 Å². The van der Waals surface area contributed by atoms with Gasteiger partial charge in [-0.15, -0.1) is 0 Å². The molecule has 0 aromatic heterocycles. The average molecular weight is 271 g/mol. The van der Waals surface area contributed by atoms with E-state index in [1.54, 1.807) is 14.2 Å². The Bertz CT molecular complexity index is 554. The molecule has 3 nitrogen and oxygen atoms in total. The summed E-state index contributed by atoms with van der Waals surface area (Å²) in [5, 5.41) is 0.